The Morgan fingerprint density at radius 1 is 1.07 bits per heavy atom. The molecule has 2 aliphatic rings. The van der Waals surface area contributed by atoms with Crippen LogP contribution in [0, 0.1) is 0 Å². The molecule has 2 aromatic carbocycles. The third kappa shape index (κ3) is 3.40. The fourth-order valence-electron chi connectivity index (χ4n) is 4.71. The Bertz CT molecular complexity index is 923. The van der Waals surface area contributed by atoms with Gasteiger partial charge in [-0.05, 0) is 55.9 Å². The van der Waals surface area contributed by atoms with Crippen LogP contribution < -0.4 is 9.47 Å². The predicted octanol–water partition coefficient (Wildman–Crippen LogP) is 3.70. The van der Waals surface area contributed by atoms with E-state index in [-0.39, 0.29) is 23.9 Å². The fraction of sp³-hybridized carbons (Fsp3) is 0.375. The van der Waals surface area contributed by atoms with Gasteiger partial charge in [-0.3, -0.25) is 4.79 Å². The summed E-state index contributed by atoms with van der Waals surface area (Å²) in [5.41, 5.74) is 3.10. The standard InChI is InChI=1S/C24H28N2O3/c1-25(2)20-12-8-11-18-19-14-22(29-4)21(28-3)13-17(19)15-26(23(18)20)24(27)16-9-6-5-7-10-16/h5-10,12-14,18,20,23H,11,15H2,1-4H3/t18-,20-,23?/m0/s1. The van der Waals surface area contributed by atoms with Crippen molar-refractivity contribution in [2.45, 2.75) is 31.0 Å². The highest BCUT2D eigenvalue weighted by Crippen LogP contribution is 2.45. The second-order valence-electron chi connectivity index (χ2n) is 7.92. The molecule has 0 fully saturated rings. The van der Waals surface area contributed by atoms with E-state index in [4.69, 9.17) is 9.47 Å². The van der Waals surface area contributed by atoms with Crippen LogP contribution >= 0.6 is 0 Å². The molecule has 152 valence electrons. The molecule has 0 N–H and O–H groups in total. The van der Waals surface area contributed by atoms with Gasteiger partial charge < -0.3 is 19.3 Å². The topological polar surface area (TPSA) is 42.0 Å². The summed E-state index contributed by atoms with van der Waals surface area (Å²) < 4.78 is 11.1. The van der Waals surface area contributed by atoms with Crippen LogP contribution in [0.25, 0.3) is 0 Å². The lowest BCUT2D eigenvalue weighted by molar-refractivity contribution is 0.0472. The molecule has 5 heteroatoms. The minimum absolute atomic E-state index is 0.0632. The van der Waals surface area contributed by atoms with Gasteiger partial charge in [0.15, 0.2) is 11.5 Å². The Hall–Kier alpha value is -2.79. The van der Waals surface area contributed by atoms with E-state index >= 15 is 0 Å². The van der Waals surface area contributed by atoms with Gasteiger partial charge in [-0.25, -0.2) is 0 Å². The number of ether oxygens (including phenoxy) is 2. The summed E-state index contributed by atoms with van der Waals surface area (Å²) in [5, 5.41) is 0. The summed E-state index contributed by atoms with van der Waals surface area (Å²) in [5.74, 6) is 1.72. The summed E-state index contributed by atoms with van der Waals surface area (Å²) >= 11 is 0. The number of amides is 1. The van der Waals surface area contributed by atoms with Crippen molar-refractivity contribution < 1.29 is 14.3 Å². The quantitative estimate of drug-likeness (QED) is 0.744. The molecule has 0 bridgehead atoms. The van der Waals surface area contributed by atoms with Crippen molar-refractivity contribution in [3.8, 4) is 11.5 Å². The van der Waals surface area contributed by atoms with Crippen molar-refractivity contribution in [2.24, 2.45) is 0 Å². The van der Waals surface area contributed by atoms with Crippen LogP contribution in [0.2, 0.25) is 0 Å². The molecule has 0 saturated heterocycles. The molecule has 1 unspecified atom stereocenters. The molecule has 29 heavy (non-hydrogen) atoms. The molecule has 1 heterocycles. The minimum Gasteiger partial charge on any atom is -0.493 e. The number of likely N-dealkylation sites (N-methyl/N-ethyl adjacent to an activating group) is 1. The second-order valence-corrected chi connectivity index (χ2v) is 7.92. The zero-order valence-corrected chi connectivity index (χ0v) is 17.5. The summed E-state index contributed by atoms with van der Waals surface area (Å²) in [7, 11) is 7.47. The zero-order chi connectivity index (χ0) is 20.5. The van der Waals surface area contributed by atoms with Crippen LogP contribution in [0.5, 0.6) is 11.5 Å². The molecule has 1 amide bonds. The number of hydrogen-bond donors (Lipinski definition) is 0. The Balaban J connectivity index is 1.84. The van der Waals surface area contributed by atoms with E-state index in [1.54, 1.807) is 14.2 Å². The smallest absolute Gasteiger partial charge is 0.254 e. The average molecular weight is 392 g/mol. The van der Waals surface area contributed by atoms with E-state index in [2.05, 4.69) is 37.2 Å². The minimum atomic E-state index is 0.0632. The van der Waals surface area contributed by atoms with Gasteiger partial charge in [0, 0.05) is 24.1 Å². The first-order valence-corrected chi connectivity index (χ1v) is 9.99. The van der Waals surface area contributed by atoms with Crippen LogP contribution in [0.3, 0.4) is 0 Å². The maximum atomic E-state index is 13.5. The van der Waals surface area contributed by atoms with Crippen molar-refractivity contribution in [2.75, 3.05) is 28.3 Å². The van der Waals surface area contributed by atoms with Gasteiger partial charge in [0.2, 0.25) is 0 Å². The van der Waals surface area contributed by atoms with E-state index in [0.717, 1.165) is 23.3 Å². The van der Waals surface area contributed by atoms with E-state index in [1.165, 1.54) is 5.56 Å². The lowest BCUT2D eigenvalue weighted by Crippen LogP contribution is -2.56. The Labute approximate surface area is 172 Å². The largest absolute Gasteiger partial charge is 0.493 e. The highest BCUT2D eigenvalue weighted by Gasteiger charge is 2.43. The maximum Gasteiger partial charge on any atom is 0.254 e. The number of fused-ring (bicyclic) bond motifs is 3. The number of allylic oxidation sites excluding steroid dienone is 1. The van der Waals surface area contributed by atoms with E-state index in [1.807, 2.05) is 41.3 Å². The van der Waals surface area contributed by atoms with Crippen LogP contribution in [0.1, 0.15) is 33.8 Å². The van der Waals surface area contributed by atoms with Gasteiger partial charge in [-0.1, -0.05) is 30.4 Å². The van der Waals surface area contributed by atoms with Crippen LogP contribution in [-0.4, -0.2) is 56.1 Å². The molecule has 1 aliphatic carbocycles. The molecule has 5 nitrogen and oxygen atoms in total. The molecule has 4 rings (SSSR count). The van der Waals surface area contributed by atoms with Gasteiger partial charge >= 0.3 is 0 Å². The van der Waals surface area contributed by atoms with E-state index in [9.17, 15) is 4.79 Å². The number of hydrogen-bond acceptors (Lipinski definition) is 4. The first kappa shape index (κ1) is 19.5. The number of methoxy groups -OCH3 is 2. The first-order valence-electron chi connectivity index (χ1n) is 9.99. The summed E-state index contributed by atoms with van der Waals surface area (Å²) in [6, 6.07) is 13.9. The summed E-state index contributed by atoms with van der Waals surface area (Å²) in [6.45, 7) is 0.558. The number of carbonyl (C=O) groups is 1. The molecule has 0 spiro atoms. The molecule has 2 aromatic rings. The fourth-order valence-corrected chi connectivity index (χ4v) is 4.71. The lowest BCUT2D eigenvalue weighted by Gasteiger charge is -2.49. The average Bonchev–Trinajstić information content (AvgIpc) is 2.77. The third-order valence-corrected chi connectivity index (χ3v) is 6.11. The molecular formula is C24H28N2O3. The zero-order valence-electron chi connectivity index (χ0n) is 17.5. The van der Waals surface area contributed by atoms with Crippen molar-refractivity contribution in [3.63, 3.8) is 0 Å². The number of rotatable bonds is 4. The van der Waals surface area contributed by atoms with Gasteiger partial charge in [0.1, 0.15) is 0 Å². The second kappa shape index (κ2) is 7.91. The normalized spacial score (nSPS) is 22.8. The monoisotopic (exact) mass is 392 g/mol. The molecule has 1 aliphatic heterocycles. The Morgan fingerprint density at radius 3 is 2.41 bits per heavy atom. The molecule has 0 saturated carbocycles. The number of carbonyl (C=O) groups excluding carboxylic acids is 1. The SMILES string of the molecule is COc1cc2c(cc1OC)[C@@H]1CC=C[C@H](N(C)C)C1N(C(=O)c1ccccc1)C2. The number of nitrogens with zero attached hydrogens (tertiary/aromatic N) is 2. The Morgan fingerprint density at radius 2 is 1.76 bits per heavy atom. The molecule has 0 aromatic heterocycles. The first-order chi connectivity index (χ1) is 14.0. The van der Waals surface area contributed by atoms with Crippen molar-refractivity contribution in [1.82, 2.24) is 9.80 Å². The highest BCUT2D eigenvalue weighted by atomic mass is 16.5. The lowest BCUT2D eigenvalue weighted by atomic mass is 9.74. The summed E-state index contributed by atoms with van der Waals surface area (Å²) in [4.78, 5) is 17.8. The summed E-state index contributed by atoms with van der Waals surface area (Å²) in [6.07, 6.45) is 5.37. The predicted molar refractivity (Wildman–Crippen MR) is 114 cm³/mol. The molecule has 0 radical (unpaired) electrons. The van der Waals surface area contributed by atoms with Crippen LogP contribution in [0.4, 0.5) is 0 Å². The van der Waals surface area contributed by atoms with Crippen molar-refractivity contribution in [1.29, 1.82) is 0 Å². The molecular weight excluding hydrogens is 364 g/mol. The highest BCUT2D eigenvalue weighted by molar-refractivity contribution is 5.94. The van der Waals surface area contributed by atoms with Gasteiger partial charge in [0.25, 0.3) is 5.91 Å². The van der Waals surface area contributed by atoms with Crippen LogP contribution in [0.15, 0.2) is 54.6 Å². The van der Waals surface area contributed by atoms with E-state index < -0.39 is 0 Å². The van der Waals surface area contributed by atoms with Crippen LogP contribution in [-0.2, 0) is 6.54 Å². The van der Waals surface area contributed by atoms with Crippen molar-refractivity contribution >= 4 is 5.91 Å². The third-order valence-electron chi connectivity index (χ3n) is 6.11. The van der Waals surface area contributed by atoms with Crippen molar-refractivity contribution in [3.05, 3.63) is 71.3 Å². The Kier molecular flexibility index (Phi) is 5.33. The van der Waals surface area contributed by atoms with Gasteiger partial charge in [-0.15, -0.1) is 0 Å². The van der Waals surface area contributed by atoms with Gasteiger partial charge in [0.05, 0.1) is 20.3 Å². The molecule has 3 atom stereocenters. The van der Waals surface area contributed by atoms with Gasteiger partial charge in [-0.2, -0.15) is 0 Å². The van der Waals surface area contributed by atoms with E-state index in [0.29, 0.717) is 12.3 Å². The number of benzene rings is 2. The maximum absolute atomic E-state index is 13.5.